The van der Waals surface area contributed by atoms with E-state index in [1.807, 2.05) is 30.3 Å². The highest BCUT2D eigenvalue weighted by Gasteiger charge is 2.05. The fraction of sp³-hybridized carbons (Fsp3) is 0.0909. The van der Waals surface area contributed by atoms with Crippen LogP contribution in [0.1, 0.15) is 0 Å². The molecular weight excluding hydrogens is 176 g/mol. The van der Waals surface area contributed by atoms with Crippen molar-refractivity contribution in [1.82, 2.24) is 9.97 Å². The third-order valence-corrected chi connectivity index (χ3v) is 1.90. The van der Waals surface area contributed by atoms with Gasteiger partial charge in [-0.05, 0) is 24.3 Å². The molecule has 0 unspecified atom stereocenters. The second-order valence-electron chi connectivity index (χ2n) is 2.77. The van der Waals surface area contributed by atoms with Crippen molar-refractivity contribution in [3.63, 3.8) is 0 Å². The summed E-state index contributed by atoms with van der Waals surface area (Å²) in [7, 11) is 1.63. The number of rotatable bonds is 2. The van der Waals surface area contributed by atoms with Gasteiger partial charge in [0.25, 0.3) is 0 Å². The van der Waals surface area contributed by atoms with Gasteiger partial charge in [0.05, 0.1) is 12.8 Å². The minimum Gasteiger partial charge on any atom is -0.494 e. The molecule has 0 aliphatic rings. The number of ether oxygens (including phenoxy) is 1. The summed E-state index contributed by atoms with van der Waals surface area (Å²) in [6, 6.07) is 9.42. The van der Waals surface area contributed by atoms with Crippen LogP contribution in [0.5, 0.6) is 5.75 Å². The maximum absolute atomic E-state index is 5.20. The van der Waals surface area contributed by atoms with Crippen LogP contribution in [-0.4, -0.2) is 17.1 Å². The van der Waals surface area contributed by atoms with Gasteiger partial charge >= 0.3 is 0 Å². The van der Waals surface area contributed by atoms with Crippen LogP contribution in [0.3, 0.4) is 0 Å². The van der Waals surface area contributed by atoms with E-state index in [1.54, 1.807) is 19.5 Å². The van der Waals surface area contributed by atoms with Gasteiger partial charge in [-0.1, -0.05) is 6.07 Å². The van der Waals surface area contributed by atoms with Crippen LogP contribution < -0.4 is 4.74 Å². The molecule has 0 bridgehead atoms. The van der Waals surface area contributed by atoms with E-state index in [0.29, 0.717) is 0 Å². The standard InChI is InChI=1S/C11H10N2O/c1-14-10-6-4-8-13-11(10)9-5-2-3-7-12-9/h2-8H,1H3. The SMILES string of the molecule is COc1cccnc1-c1ccccn1. The van der Waals surface area contributed by atoms with Gasteiger partial charge < -0.3 is 4.74 Å². The number of hydrogen-bond donors (Lipinski definition) is 0. The van der Waals surface area contributed by atoms with Crippen LogP contribution in [-0.2, 0) is 0 Å². The number of pyridine rings is 2. The first-order valence-electron chi connectivity index (χ1n) is 4.32. The molecule has 2 aromatic rings. The summed E-state index contributed by atoms with van der Waals surface area (Å²) in [4.78, 5) is 8.45. The van der Waals surface area contributed by atoms with Gasteiger partial charge in [-0.3, -0.25) is 9.97 Å². The molecule has 0 aliphatic carbocycles. The topological polar surface area (TPSA) is 35.0 Å². The lowest BCUT2D eigenvalue weighted by molar-refractivity contribution is 0.414. The molecule has 3 nitrogen and oxygen atoms in total. The average Bonchev–Trinajstić information content (AvgIpc) is 2.30. The fourth-order valence-corrected chi connectivity index (χ4v) is 1.25. The van der Waals surface area contributed by atoms with Crippen LogP contribution in [0.25, 0.3) is 11.4 Å². The highest BCUT2D eigenvalue weighted by atomic mass is 16.5. The maximum Gasteiger partial charge on any atom is 0.146 e. The summed E-state index contributed by atoms with van der Waals surface area (Å²) >= 11 is 0. The molecule has 70 valence electrons. The third-order valence-electron chi connectivity index (χ3n) is 1.90. The van der Waals surface area contributed by atoms with Crippen LogP contribution in [0.15, 0.2) is 42.7 Å². The zero-order valence-corrected chi connectivity index (χ0v) is 7.84. The van der Waals surface area contributed by atoms with Crippen molar-refractivity contribution in [1.29, 1.82) is 0 Å². The first-order valence-corrected chi connectivity index (χ1v) is 4.32. The molecule has 0 saturated heterocycles. The van der Waals surface area contributed by atoms with Gasteiger partial charge in [0.2, 0.25) is 0 Å². The molecule has 0 amide bonds. The summed E-state index contributed by atoms with van der Waals surface area (Å²) in [5.74, 6) is 0.742. The van der Waals surface area contributed by atoms with E-state index in [0.717, 1.165) is 17.1 Å². The highest BCUT2D eigenvalue weighted by Crippen LogP contribution is 2.24. The van der Waals surface area contributed by atoms with Crippen molar-refractivity contribution < 1.29 is 4.74 Å². The Bertz CT molecular complexity index is 415. The summed E-state index contributed by atoms with van der Waals surface area (Å²) < 4.78 is 5.20. The van der Waals surface area contributed by atoms with Crippen molar-refractivity contribution in [2.75, 3.05) is 7.11 Å². The van der Waals surface area contributed by atoms with Gasteiger partial charge in [-0.25, -0.2) is 0 Å². The molecule has 2 rings (SSSR count). The molecule has 0 N–H and O–H groups in total. The number of hydrogen-bond acceptors (Lipinski definition) is 3. The van der Waals surface area contributed by atoms with E-state index >= 15 is 0 Å². The summed E-state index contributed by atoms with van der Waals surface area (Å²) in [6.07, 6.45) is 3.47. The van der Waals surface area contributed by atoms with Gasteiger partial charge in [0, 0.05) is 12.4 Å². The molecule has 3 heteroatoms. The normalized spacial score (nSPS) is 9.79. The largest absolute Gasteiger partial charge is 0.494 e. The lowest BCUT2D eigenvalue weighted by Gasteiger charge is -2.05. The predicted octanol–water partition coefficient (Wildman–Crippen LogP) is 2.15. The Labute approximate surface area is 82.4 Å². The third kappa shape index (κ3) is 1.57. The van der Waals surface area contributed by atoms with Crippen LogP contribution in [0.2, 0.25) is 0 Å². The van der Waals surface area contributed by atoms with Crippen LogP contribution in [0, 0.1) is 0 Å². The summed E-state index contributed by atoms with van der Waals surface area (Å²) in [5.41, 5.74) is 1.60. The lowest BCUT2D eigenvalue weighted by Crippen LogP contribution is -1.91. The Morgan fingerprint density at radius 3 is 2.57 bits per heavy atom. The van der Waals surface area contributed by atoms with Crippen molar-refractivity contribution in [3.05, 3.63) is 42.7 Å². The van der Waals surface area contributed by atoms with E-state index in [-0.39, 0.29) is 0 Å². The van der Waals surface area contributed by atoms with Crippen molar-refractivity contribution in [2.45, 2.75) is 0 Å². The maximum atomic E-state index is 5.20. The second-order valence-corrected chi connectivity index (χ2v) is 2.77. The zero-order valence-electron chi connectivity index (χ0n) is 7.84. The Kier molecular flexibility index (Phi) is 2.40. The average molecular weight is 186 g/mol. The molecule has 0 radical (unpaired) electrons. The van der Waals surface area contributed by atoms with Gasteiger partial charge in [0.15, 0.2) is 0 Å². The molecule has 0 fully saturated rings. The molecule has 0 atom stereocenters. The van der Waals surface area contributed by atoms with Crippen molar-refractivity contribution >= 4 is 0 Å². The minimum absolute atomic E-state index is 0.742. The van der Waals surface area contributed by atoms with Gasteiger partial charge in [-0.2, -0.15) is 0 Å². The Morgan fingerprint density at radius 2 is 1.86 bits per heavy atom. The molecular formula is C11H10N2O. The predicted molar refractivity (Wildman–Crippen MR) is 54.0 cm³/mol. The Morgan fingerprint density at radius 1 is 1.00 bits per heavy atom. The monoisotopic (exact) mass is 186 g/mol. The molecule has 0 saturated carbocycles. The number of nitrogens with zero attached hydrogens (tertiary/aromatic N) is 2. The minimum atomic E-state index is 0.742. The van der Waals surface area contributed by atoms with E-state index in [2.05, 4.69) is 9.97 Å². The molecule has 0 spiro atoms. The molecule has 0 aromatic carbocycles. The summed E-state index contributed by atoms with van der Waals surface area (Å²) in [6.45, 7) is 0. The number of aromatic nitrogens is 2. The zero-order chi connectivity index (χ0) is 9.80. The van der Waals surface area contributed by atoms with E-state index < -0.39 is 0 Å². The Balaban J connectivity index is 2.51. The van der Waals surface area contributed by atoms with Crippen LogP contribution >= 0.6 is 0 Å². The second kappa shape index (κ2) is 3.87. The summed E-state index contributed by atoms with van der Waals surface area (Å²) in [5, 5.41) is 0. The number of methoxy groups -OCH3 is 1. The Hall–Kier alpha value is -1.90. The van der Waals surface area contributed by atoms with E-state index in [4.69, 9.17) is 4.74 Å². The van der Waals surface area contributed by atoms with E-state index in [1.165, 1.54) is 0 Å². The smallest absolute Gasteiger partial charge is 0.146 e. The van der Waals surface area contributed by atoms with Crippen molar-refractivity contribution in [2.24, 2.45) is 0 Å². The highest BCUT2D eigenvalue weighted by molar-refractivity contribution is 5.61. The fourth-order valence-electron chi connectivity index (χ4n) is 1.25. The molecule has 0 aliphatic heterocycles. The van der Waals surface area contributed by atoms with Crippen LogP contribution in [0.4, 0.5) is 0 Å². The lowest BCUT2D eigenvalue weighted by atomic mass is 10.2. The first kappa shape index (κ1) is 8.69. The molecule has 2 heterocycles. The van der Waals surface area contributed by atoms with Crippen molar-refractivity contribution in [3.8, 4) is 17.1 Å². The quantitative estimate of drug-likeness (QED) is 0.720. The van der Waals surface area contributed by atoms with E-state index in [9.17, 15) is 0 Å². The molecule has 2 aromatic heterocycles. The first-order chi connectivity index (χ1) is 6.92. The van der Waals surface area contributed by atoms with Gasteiger partial charge in [0.1, 0.15) is 11.4 Å². The molecule has 14 heavy (non-hydrogen) atoms. The van der Waals surface area contributed by atoms with Gasteiger partial charge in [-0.15, -0.1) is 0 Å².